The van der Waals surface area contributed by atoms with E-state index in [0.29, 0.717) is 42.1 Å². The standard InChI is InChI=1S/C26H32ClN3O3/c1-4-18(3)28-25(32)23(29-24(31)22-8-6-5-7-17(22)2)19-13-15-30(16-14-19)26(33)20-9-11-21(27)12-10-20/h5-12,18-19,23H,4,13-16H2,1-3H3,(H,28,32)(H,29,31)/t18-,23-/m0/s1. The van der Waals surface area contributed by atoms with Crippen LogP contribution in [0, 0.1) is 12.8 Å². The molecule has 1 heterocycles. The van der Waals surface area contributed by atoms with E-state index >= 15 is 0 Å². The Morgan fingerprint density at radius 1 is 1.03 bits per heavy atom. The lowest BCUT2D eigenvalue weighted by atomic mass is 9.88. The van der Waals surface area contributed by atoms with Crippen molar-refractivity contribution in [2.75, 3.05) is 13.1 Å². The zero-order chi connectivity index (χ0) is 24.0. The average Bonchev–Trinajstić information content (AvgIpc) is 2.82. The topological polar surface area (TPSA) is 78.5 Å². The molecule has 7 heteroatoms. The normalized spacial score (nSPS) is 16.1. The van der Waals surface area contributed by atoms with E-state index in [1.807, 2.05) is 39.0 Å². The lowest BCUT2D eigenvalue weighted by Crippen LogP contribution is -2.55. The molecule has 0 aromatic heterocycles. The molecule has 2 atom stereocenters. The van der Waals surface area contributed by atoms with Crippen molar-refractivity contribution in [2.45, 2.75) is 52.1 Å². The molecule has 1 fully saturated rings. The molecule has 0 spiro atoms. The van der Waals surface area contributed by atoms with Gasteiger partial charge < -0.3 is 15.5 Å². The summed E-state index contributed by atoms with van der Waals surface area (Å²) in [5, 5.41) is 6.59. The van der Waals surface area contributed by atoms with Gasteiger partial charge in [-0.1, -0.05) is 36.7 Å². The van der Waals surface area contributed by atoms with Crippen molar-refractivity contribution in [3.63, 3.8) is 0 Å². The fourth-order valence-electron chi connectivity index (χ4n) is 4.09. The molecule has 33 heavy (non-hydrogen) atoms. The molecule has 176 valence electrons. The summed E-state index contributed by atoms with van der Waals surface area (Å²) >= 11 is 5.93. The van der Waals surface area contributed by atoms with Crippen molar-refractivity contribution in [3.8, 4) is 0 Å². The number of carbonyl (C=O) groups is 3. The number of hydrogen-bond donors (Lipinski definition) is 2. The smallest absolute Gasteiger partial charge is 0.253 e. The summed E-state index contributed by atoms with van der Waals surface area (Å²) in [7, 11) is 0. The SMILES string of the molecule is CC[C@H](C)NC(=O)[C@@H](NC(=O)c1ccccc1C)C1CCN(C(=O)c2ccc(Cl)cc2)CC1. The van der Waals surface area contributed by atoms with Crippen LogP contribution >= 0.6 is 11.6 Å². The first kappa shape index (κ1) is 24.8. The minimum Gasteiger partial charge on any atom is -0.352 e. The minimum atomic E-state index is -0.654. The summed E-state index contributed by atoms with van der Waals surface area (Å²) in [5.41, 5.74) is 2.02. The van der Waals surface area contributed by atoms with Crippen molar-refractivity contribution in [2.24, 2.45) is 5.92 Å². The second-order valence-corrected chi connectivity index (χ2v) is 9.16. The molecular formula is C26H32ClN3O3. The maximum atomic E-state index is 13.1. The molecule has 0 bridgehead atoms. The molecule has 1 saturated heterocycles. The Morgan fingerprint density at radius 2 is 1.67 bits per heavy atom. The van der Waals surface area contributed by atoms with Crippen molar-refractivity contribution in [3.05, 3.63) is 70.2 Å². The van der Waals surface area contributed by atoms with Gasteiger partial charge in [-0.2, -0.15) is 0 Å². The Morgan fingerprint density at radius 3 is 2.27 bits per heavy atom. The second kappa shape index (κ2) is 11.3. The molecule has 1 aliphatic rings. The molecule has 6 nitrogen and oxygen atoms in total. The molecule has 2 aromatic rings. The molecular weight excluding hydrogens is 438 g/mol. The monoisotopic (exact) mass is 469 g/mol. The molecule has 0 unspecified atom stereocenters. The number of halogens is 1. The summed E-state index contributed by atoms with van der Waals surface area (Å²) < 4.78 is 0. The maximum absolute atomic E-state index is 13.1. The van der Waals surface area contributed by atoms with E-state index < -0.39 is 6.04 Å². The highest BCUT2D eigenvalue weighted by Crippen LogP contribution is 2.24. The first-order valence-corrected chi connectivity index (χ1v) is 11.9. The number of hydrogen-bond acceptors (Lipinski definition) is 3. The van der Waals surface area contributed by atoms with Crippen molar-refractivity contribution >= 4 is 29.3 Å². The van der Waals surface area contributed by atoms with Gasteiger partial charge in [0.1, 0.15) is 6.04 Å². The Balaban J connectivity index is 1.71. The molecule has 3 amide bonds. The van der Waals surface area contributed by atoms with Crippen LogP contribution in [0.3, 0.4) is 0 Å². The van der Waals surface area contributed by atoms with E-state index in [1.165, 1.54) is 0 Å². The second-order valence-electron chi connectivity index (χ2n) is 8.72. The number of piperidine rings is 1. The summed E-state index contributed by atoms with van der Waals surface area (Å²) in [6, 6.07) is 13.6. The molecule has 2 N–H and O–H groups in total. The van der Waals surface area contributed by atoms with Gasteiger partial charge in [-0.05, 0) is 74.9 Å². The first-order valence-electron chi connectivity index (χ1n) is 11.5. The number of nitrogens with one attached hydrogen (secondary N) is 2. The van der Waals surface area contributed by atoms with Crippen LogP contribution in [0.2, 0.25) is 5.02 Å². The first-order chi connectivity index (χ1) is 15.8. The largest absolute Gasteiger partial charge is 0.352 e. The van der Waals surface area contributed by atoms with Gasteiger partial charge in [-0.15, -0.1) is 0 Å². The fourth-order valence-corrected chi connectivity index (χ4v) is 4.22. The summed E-state index contributed by atoms with van der Waals surface area (Å²) in [5.74, 6) is -0.531. The minimum absolute atomic E-state index is 0.0157. The summed E-state index contributed by atoms with van der Waals surface area (Å²) in [6.45, 7) is 6.89. The van der Waals surface area contributed by atoms with Crippen LogP contribution in [0.5, 0.6) is 0 Å². The highest BCUT2D eigenvalue weighted by Gasteiger charge is 2.34. The van der Waals surface area contributed by atoms with Gasteiger partial charge in [0.15, 0.2) is 0 Å². The van der Waals surface area contributed by atoms with E-state index in [9.17, 15) is 14.4 Å². The molecule has 0 saturated carbocycles. The van der Waals surface area contributed by atoms with Crippen LogP contribution in [0.4, 0.5) is 0 Å². The number of carbonyl (C=O) groups excluding carboxylic acids is 3. The Hall–Kier alpha value is -2.86. The van der Waals surface area contributed by atoms with Gasteiger partial charge in [0.05, 0.1) is 0 Å². The zero-order valence-corrected chi connectivity index (χ0v) is 20.2. The van der Waals surface area contributed by atoms with Crippen molar-refractivity contribution < 1.29 is 14.4 Å². The number of aryl methyl sites for hydroxylation is 1. The zero-order valence-electron chi connectivity index (χ0n) is 19.4. The van der Waals surface area contributed by atoms with E-state index in [0.717, 1.165) is 12.0 Å². The third-order valence-corrected chi connectivity index (χ3v) is 6.60. The van der Waals surface area contributed by atoms with Gasteiger partial charge in [-0.3, -0.25) is 14.4 Å². The number of likely N-dealkylation sites (tertiary alicyclic amines) is 1. The lowest BCUT2D eigenvalue weighted by molar-refractivity contribution is -0.125. The fraction of sp³-hybridized carbons (Fsp3) is 0.423. The van der Waals surface area contributed by atoms with E-state index in [1.54, 1.807) is 35.2 Å². The number of benzene rings is 2. The van der Waals surface area contributed by atoms with Crippen LogP contribution in [-0.4, -0.2) is 47.8 Å². The van der Waals surface area contributed by atoms with E-state index in [4.69, 9.17) is 11.6 Å². The van der Waals surface area contributed by atoms with Gasteiger partial charge in [0, 0.05) is 35.3 Å². The van der Waals surface area contributed by atoms with E-state index in [-0.39, 0.29) is 29.7 Å². The van der Waals surface area contributed by atoms with Crippen molar-refractivity contribution in [1.29, 1.82) is 0 Å². The van der Waals surface area contributed by atoms with Crippen LogP contribution < -0.4 is 10.6 Å². The maximum Gasteiger partial charge on any atom is 0.253 e. The molecule has 3 rings (SSSR count). The Labute approximate surface area is 200 Å². The number of rotatable bonds is 7. The predicted octanol–water partition coefficient (Wildman–Crippen LogP) is 4.21. The average molecular weight is 470 g/mol. The molecule has 1 aliphatic heterocycles. The third kappa shape index (κ3) is 6.35. The summed E-state index contributed by atoms with van der Waals surface area (Å²) in [4.78, 5) is 40.7. The van der Waals surface area contributed by atoms with Gasteiger partial charge in [-0.25, -0.2) is 0 Å². The van der Waals surface area contributed by atoms with Crippen molar-refractivity contribution in [1.82, 2.24) is 15.5 Å². The van der Waals surface area contributed by atoms with Crippen LogP contribution in [0.1, 0.15) is 59.4 Å². The van der Waals surface area contributed by atoms with Crippen LogP contribution in [0.15, 0.2) is 48.5 Å². The third-order valence-electron chi connectivity index (χ3n) is 6.35. The van der Waals surface area contributed by atoms with E-state index in [2.05, 4.69) is 10.6 Å². The predicted molar refractivity (Wildman–Crippen MR) is 130 cm³/mol. The lowest BCUT2D eigenvalue weighted by Gasteiger charge is -2.36. The molecule has 0 radical (unpaired) electrons. The van der Waals surface area contributed by atoms with Crippen LogP contribution in [-0.2, 0) is 4.79 Å². The van der Waals surface area contributed by atoms with Gasteiger partial charge in [0.2, 0.25) is 5.91 Å². The van der Waals surface area contributed by atoms with Gasteiger partial charge in [0.25, 0.3) is 11.8 Å². The Bertz CT molecular complexity index is 985. The van der Waals surface area contributed by atoms with Crippen LogP contribution in [0.25, 0.3) is 0 Å². The summed E-state index contributed by atoms with van der Waals surface area (Å²) in [6.07, 6.45) is 2.07. The molecule has 0 aliphatic carbocycles. The number of amides is 3. The Kier molecular flexibility index (Phi) is 8.50. The van der Waals surface area contributed by atoms with Gasteiger partial charge >= 0.3 is 0 Å². The molecule has 2 aromatic carbocycles. The highest BCUT2D eigenvalue weighted by atomic mass is 35.5. The highest BCUT2D eigenvalue weighted by molar-refractivity contribution is 6.30. The quantitative estimate of drug-likeness (QED) is 0.637. The number of nitrogens with zero attached hydrogens (tertiary/aromatic N) is 1.